The Morgan fingerprint density at radius 3 is 2.56 bits per heavy atom. The summed E-state index contributed by atoms with van der Waals surface area (Å²) in [4.78, 5) is 12.1. The lowest BCUT2D eigenvalue weighted by Crippen LogP contribution is -2.13. The number of halogens is 1. The SMILES string of the molecule is Cc1nnc(S[C@H](C)C(=O)c2ccc(Cl)cc2)o1. The molecule has 0 saturated carbocycles. The molecule has 0 amide bonds. The molecular weight excluding hydrogens is 272 g/mol. The van der Waals surface area contributed by atoms with Crippen LogP contribution in [0.25, 0.3) is 0 Å². The van der Waals surface area contributed by atoms with Crippen molar-refractivity contribution in [3.8, 4) is 0 Å². The Hall–Kier alpha value is -1.33. The van der Waals surface area contributed by atoms with Gasteiger partial charge in [-0.1, -0.05) is 23.4 Å². The molecule has 0 unspecified atom stereocenters. The molecule has 0 fully saturated rings. The standard InChI is InChI=1S/C12H11ClN2O2S/c1-7(18-12-15-14-8(2)17-12)11(16)9-3-5-10(13)6-4-9/h3-7H,1-2H3/t7-/m1/s1. The van der Waals surface area contributed by atoms with Gasteiger partial charge in [0, 0.05) is 17.5 Å². The molecule has 0 aliphatic carbocycles. The van der Waals surface area contributed by atoms with Crippen molar-refractivity contribution in [1.82, 2.24) is 10.2 Å². The van der Waals surface area contributed by atoms with E-state index in [2.05, 4.69) is 10.2 Å². The first-order valence-corrected chi connectivity index (χ1v) is 6.58. The molecule has 0 saturated heterocycles. The minimum atomic E-state index is -0.286. The van der Waals surface area contributed by atoms with Gasteiger partial charge in [0.2, 0.25) is 5.89 Å². The number of carbonyl (C=O) groups is 1. The topological polar surface area (TPSA) is 56.0 Å². The highest BCUT2D eigenvalue weighted by atomic mass is 35.5. The first-order valence-electron chi connectivity index (χ1n) is 5.33. The number of thioether (sulfide) groups is 1. The Kier molecular flexibility index (Phi) is 4.04. The Morgan fingerprint density at radius 2 is 2.00 bits per heavy atom. The predicted molar refractivity (Wildman–Crippen MR) is 70.1 cm³/mol. The van der Waals surface area contributed by atoms with Crippen molar-refractivity contribution in [2.75, 3.05) is 0 Å². The summed E-state index contributed by atoms with van der Waals surface area (Å²) in [5.41, 5.74) is 0.621. The van der Waals surface area contributed by atoms with E-state index in [0.29, 0.717) is 21.7 Å². The third-order valence-electron chi connectivity index (χ3n) is 2.28. The average molecular weight is 283 g/mol. The predicted octanol–water partition coefficient (Wildman–Crippen LogP) is 3.39. The maximum Gasteiger partial charge on any atom is 0.277 e. The Bertz CT molecular complexity index is 553. The molecule has 2 rings (SSSR count). The van der Waals surface area contributed by atoms with Gasteiger partial charge in [-0.25, -0.2) is 0 Å². The van der Waals surface area contributed by atoms with Crippen molar-refractivity contribution in [2.45, 2.75) is 24.3 Å². The van der Waals surface area contributed by atoms with Crippen LogP contribution in [0.3, 0.4) is 0 Å². The molecule has 1 aromatic carbocycles. The summed E-state index contributed by atoms with van der Waals surface area (Å²) < 4.78 is 5.23. The molecule has 94 valence electrons. The van der Waals surface area contributed by atoms with Gasteiger partial charge in [0.25, 0.3) is 5.22 Å². The van der Waals surface area contributed by atoms with E-state index in [1.165, 1.54) is 11.8 Å². The van der Waals surface area contributed by atoms with Crippen LogP contribution < -0.4 is 0 Å². The van der Waals surface area contributed by atoms with Crippen LogP contribution in [0.15, 0.2) is 33.9 Å². The largest absolute Gasteiger partial charge is 0.416 e. The molecule has 6 heteroatoms. The Labute approximate surface area is 114 Å². The number of hydrogen-bond acceptors (Lipinski definition) is 5. The quantitative estimate of drug-likeness (QED) is 0.635. The summed E-state index contributed by atoms with van der Waals surface area (Å²) in [6, 6.07) is 6.81. The average Bonchev–Trinajstić information content (AvgIpc) is 2.75. The highest BCUT2D eigenvalue weighted by Gasteiger charge is 2.19. The van der Waals surface area contributed by atoms with Gasteiger partial charge in [-0.2, -0.15) is 0 Å². The van der Waals surface area contributed by atoms with Crippen LogP contribution in [-0.2, 0) is 0 Å². The lowest BCUT2D eigenvalue weighted by molar-refractivity contribution is 0.0993. The fourth-order valence-electron chi connectivity index (χ4n) is 1.38. The van der Waals surface area contributed by atoms with Crippen LogP contribution in [0.5, 0.6) is 0 Å². The second kappa shape index (κ2) is 5.54. The lowest BCUT2D eigenvalue weighted by Gasteiger charge is -2.07. The molecule has 18 heavy (non-hydrogen) atoms. The minimum Gasteiger partial charge on any atom is -0.416 e. The van der Waals surface area contributed by atoms with Crippen LogP contribution in [-0.4, -0.2) is 21.2 Å². The number of nitrogens with zero attached hydrogens (tertiary/aromatic N) is 2. The highest BCUT2D eigenvalue weighted by molar-refractivity contribution is 8.00. The third-order valence-corrected chi connectivity index (χ3v) is 3.47. The number of aromatic nitrogens is 2. The highest BCUT2D eigenvalue weighted by Crippen LogP contribution is 2.24. The van der Waals surface area contributed by atoms with Crippen LogP contribution in [0.2, 0.25) is 5.02 Å². The van der Waals surface area contributed by atoms with E-state index >= 15 is 0 Å². The normalized spacial score (nSPS) is 12.4. The molecule has 0 aliphatic rings. The fraction of sp³-hybridized carbons (Fsp3) is 0.250. The van der Waals surface area contributed by atoms with Crippen molar-refractivity contribution in [2.24, 2.45) is 0 Å². The summed E-state index contributed by atoms with van der Waals surface area (Å²) in [7, 11) is 0. The second-order valence-electron chi connectivity index (χ2n) is 3.72. The first-order chi connectivity index (χ1) is 8.56. The van der Waals surface area contributed by atoms with Gasteiger partial charge in [0.1, 0.15) is 0 Å². The van der Waals surface area contributed by atoms with E-state index in [1.807, 2.05) is 0 Å². The molecule has 0 bridgehead atoms. The number of ketones is 1. The molecule has 4 nitrogen and oxygen atoms in total. The summed E-state index contributed by atoms with van der Waals surface area (Å²) in [5.74, 6) is 0.496. The number of Topliss-reactive ketones (excluding diaryl/α,β-unsaturated/α-hetero) is 1. The van der Waals surface area contributed by atoms with E-state index in [9.17, 15) is 4.79 Å². The van der Waals surface area contributed by atoms with E-state index in [-0.39, 0.29) is 11.0 Å². The summed E-state index contributed by atoms with van der Waals surface area (Å²) in [5, 5.41) is 8.30. The third kappa shape index (κ3) is 3.11. The molecule has 2 aromatic rings. The zero-order valence-corrected chi connectivity index (χ0v) is 11.5. The first kappa shape index (κ1) is 13.1. The Balaban J connectivity index is 2.07. The van der Waals surface area contributed by atoms with Gasteiger partial charge in [-0.05, 0) is 31.2 Å². The maximum atomic E-state index is 12.1. The summed E-state index contributed by atoms with van der Waals surface area (Å²) in [6.45, 7) is 3.52. The van der Waals surface area contributed by atoms with E-state index < -0.39 is 0 Å². The molecule has 0 N–H and O–H groups in total. The monoisotopic (exact) mass is 282 g/mol. The second-order valence-corrected chi connectivity index (χ2v) is 5.45. The number of rotatable bonds is 4. The lowest BCUT2D eigenvalue weighted by atomic mass is 10.1. The van der Waals surface area contributed by atoms with Crippen LogP contribution >= 0.6 is 23.4 Å². The van der Waals surface area contributed by atoms with Crippen LogP contribution in [0.1, 0.15) is 23.2 Å². The zero-order chi connectivity index (χ0) is 13.1. The van der Waals surface area contributed by atoms with Crippen LogP contribution in [0, 0.1) is 6.92 Å². The molecule has 1 atom stereocenters. The smallest absolute Gasteiger partial charge is 0.277 e. The van der Waals surface area contributed by atoms with E-state index in [1.54, 1.807) is 38.1 Å². The van der Waals surface area contributed by atoms with Crippen molar-refractivity contribution < 1.29 is 9.21 Å². The van der Waals surface area contributed by atoms with Crippen molar-refractivity contribution in [3.05, 3.63) is 40.7 Å². The maximum absolute atomic E-state index is 12.1. The van der Waals surface area contributed by atoms with E-state index in [0.717, 1.165) is 0 Å². The fourth-order valence-corrected chi connectivity index (χ4v) is 2.31. The van der Waals surface area contributed by atoms with Gasteiger partial charge in [-0.3, -0.25) is 4.79 Å². The van der Waals surface area contributed by atoms with Gasteiger partial charge in [-0.15, -0.1) is 10.2 Å². The molecule has 0 spiro atoms. The number of carbonyl (C=O) groups excluding carboxylic acids is 1. The number of benzene rings is 1. The van der Waals surface area contributed by atoms with Gasteiger partial charge >= 0.3 is 0 Å². The molecular formula is C12H11ClN2O2S. The summed E-state index contributed by atoms with van der Waals surface area (Å²) >= 11 is 7.03. The molecule has 1 aromatic heterocycles. The van der Waals surface area contributed by atoms with Crippen molar-refractivity contribution >= 4 is 29.1 Å². The summed E-state index contributed by atoms with van der Waals surface area (Å²) in [6.07, 6.45) is 0. The Morgan fingerprint density at radius 1 is 1.33 bits per heavy atom. The van der Waals surface area contributed by atoms with Crippen molar-refractivity contribution in [3.63, 3.8) is 0 Å². The minimum absolute atomic E-state index is 0.00696. The van der Waals surface area contributed by atoms with E-state index in [4.69, 9.17) is 16.0 Å². The van der Waals surface area contributed by atoms with Gasteiger partial charge in [0.05, 0.1) is 5.25 Å². The molecule has 0 aliphatic heterocycles. The van der Waals surface area contributed by atoms with Gasteiger partial charge in [0.15, 0.2) is 5.78 Å². The number of aryl methyl sites for hydroxylation is 1. The van der Waals surface area contributed by atoms with Crippen molar-refractivity contribution in [1.29, 1.82) is 0 Å². The van der Waals surface area contributed by atoms with Gasteiger partial charge < -0.3 is 4.42 Å². The molecule has 0 radical (unpaired) electrons. The molecule has 1 heterocycles. The van der Waals surface area contributed by atoms with Crippen LogP contribution in [0.4, 0.5) is 0 Å². The zero-order valence-electron chi connectivity index (χ0n) is 9.88. The number of hydrogen-bond donors (Lipinski definition) is 0.